The molecule has 0 aromatic carbocycles. The van der Waals surface area contributed by atoms with E-state index in [-0.39, 0.29) is 12.6 Å². The van der Waals surface area contributed by atoms with Crippen molar-refractivity contribution < 1.29 is 19.4 Å². The second kappa shape index (κ2) is 6.86. The molecule has 1 aliphatic heterocycles. The summed E-state index contributed by atoms with van der Waals surface area (Å²) in [6.45, 7) is 12.7. The number of carbonyl (C=O) groups is 2. The molecule has 1 amide bonds. The highest BCUT2D eigenvalue weighted by molar-refractivity contribution is 5.76. The van der Waals surface area contributed by atoms with Crippen molar-refractivity contribution in [3.05, 3.63) is 0 Å². The van der Waals surface area contributed by atoms with Gasteiger partial charge in [0.25, 0.3) is 0 Å². The first-order valence-electron chi connectivity index (χ1n) is 7.87. The first-order chi connectivity index (χ1) is 9.93. The fraction of sp³-hybridized carbons (Fsp3) is 0.875. The second-order valence-electron chi connectivity index (χ2n) is 7.93. The topological polar surface area (TPSA) is 78.9 Å². The molecule has 0 saturated carbocycles. The number of carbonyl (C=O) groups excluding carboxylic acids is 1. The number of nitrogens with one attached hydrogen (secondary N) is 1. The summed E-state index contributed by atoms with van der Waals surface area (Å²) in [4.78, 5) is 25.4. The van der Waals surface area contributed by atoms with Crippen LogP contribution in [-0.2, 0) is 9.53 Å². The number of nitrogens with zero attached hydrogens (tertiary/aromatic N) is 1. The maximum atomic E-state index is 12.3. The summed E-state index contributed by atoms with van der Waals surface area (Å²) in [5, 5.41) is 12.9. The number of piperidine rings is 1. The van der Waals surface area contributed by atoms with Crippen molar-refractivity contribution >= 4 is 12.1 Å². The third kappa shape index (κ3) is 5.48. The minimum absolute atomic E-state index is 0.0373. The molecule has 1 rings (SSSR count). The average Bonchev–Trinajstić information content (AvgIpc) is 2.33. The maximum Gasteiger partial charge on any atom is 0.410 e. The van der Waals surface area contributed by atoms with Crippen molar-refractivity contribution in [3.8, 4) is 0 Å². The van der Waals surface area contributed by atoms with Crippen LogP contribution >= 0.6 is 0 Å². The molecule has 6 nitrogen and oxygen atoms in total. The summed E-state index contributed by atoms with van der Waals surface area (Å²) in [6.07, 6.45) is 0.0602. The molecule has 2 atom stereocenters. The zero-order chi connectivity index (χ0) is 17.1. The molecule has 0 aromatic rings. The molecule has 0 aliphatic carbocycles. The SMILES string of the molecule is CC(C)CNC1CN(C(=O)OC(C)(C)C)CC(C)(C(=O)O)C1. The molecular formula is C16H30N2O4. The van der Waals surface area contributed by atoms with Crippen LogP contribution < -0.4 is 5.32 Å². The molecule has 0 bridgehead atoms. The van der Waals surface area contributed by atoms with Crippen LogP contribution in [0.4, 0.5) is 4.79 Å². The standard InChI is InChI=1S/C16H30N2O4/c1-11(2)8-17-12-7-16(6,13(19)20)10-18(9-12)14(21)22-15(3,4)5/h11-12,17H,7-10H2,1-6H3,(H,19,20). The van der Waals surface area contributed by atoms with Gasteiger partial charge in [0.1, 0.15) is 5.60 Å². The van der Waals surface area contributed by atoms with E-state index in [1.54, 1.807) is 27.7 Å². The quantitative estimate of drug-likeness (QED) is 0.832. The molecule has 1 aliphatic rings. The lowest BCUT2D eigenvalue weighted by molar-refractivity contribution is -0.151. The van der Waals surface area contributed by atoms with Gasteiger partial charge in [0.05, 0.1) is 5.41 Å². The highest BCUT2D eigenvalue weighted by Gasteiger charge is 2.44. The summed E-state index contributed by atoms with van der Waals surface area (Å²) < 4.78 is 5.39. The Labute approximate surface area is 133 Å². The highest BCUT2D eigenvalue weighted by Crippen LogP contribution is 2.31. The van der Waals surface area contributed by atoms with Gasteiger partial charge in [-0.15, -0.1) is 0 Å². The van der Waals surface area contributed by atoms with Crippen molar-refractivity contribution in [2.24, 2.45) is 11.3 Å². The number of hydrogen-bond donors (Lipinski definition) is 2. The molecule has 1 heterocycles. The monoisotopic (exact) mass is 314 g/mol. The minimum Gasteiger partial charge on any atom is -0.481 e. The molecule has 1 saturated heterocycles. The first-order valence-corrected chi connectivity index (χ1v) is 7.87. The van der Waals surface area contributed by atoms with Crippen LogP contribution in [0.5, 0.6) is 0 Å². The Morgan fingerprint density at radius 1 is 1.41 bits per heavy atom. The highest BCUT2D eigenvalue weighted by atomic mass is 16.6. The van der Waals surface area contributed by atoms with Gasteiger partial charge in [-0.1, -0.05) is 13.8 Å². The first kappa shape index (κ1) is 18.7. The van der Waals surface area contributed by atoms with Crippen LogP contribution in [0.25, 0.3) is 0 Å². The van der Waals surface area contributed by atoms with Crippen LogP contribution in [0.3, 0.4) is 0 Å². The minimum atomic E-state index is -0.955. The van der Waals surface area contributed by atoms with Crippen molar-refractivity contribution in [3.63, 3.8) is 0 Å². The van der Waals surface area contributed by atoms with Gasteiger partial charge in [-0.3, -0.25) is 4.79 Å². The van der Waals surface area contributed by atoms with Crippen LogP contribution in [0.1, 0.15) is 48.0 Å². The van der Waals surface area contributed by atoms with Crippen molar-refractivity contribution in [2.45, 2.75) is 59.6 Å². The zero-order valence-electron chi connectivity index (χ0n) is 14.6. The van der Waals surface area contributed by atoms with Gasteiger partial charge in [-0.25, -0.2) is 4.79 Å². The summed E-state index contributed by atoms with van der Waals surface area (Å²) in [6, 6.07) is -0.0373. The molecule has 2 N–H and O–H groups in total. The molecule has 0 spiro atoms. The van der Waals surface area contributed by atoms with Crippen molar-refractivity contribution in [2.75, 3.05) is 19.6 Å². The van der Waals surface area contributed by atoms with E-state index in [9.17, 15) is 14.7 Å². The van der Waals surface area contributed by atoms with E-state index in [0.717, 1.165) is 6.54 Å². The average molecular weight is 314 g/mol. The Hall–Kier alpha value is -1.30. The summed E-state index contributed by atoms with van der Waals surface area (Å²) in [5.41, 5.74) is -1.54. The second-order valence-corrected chi connectivity index (χ2v) is 7.93. The van der Waals surface area contributed by atoms with E-state index >= 15 is 0 Å². The number of ether oxygens (including phenoxy) is 1. The van der Waals surface area contributed by atoms with E-state index in [4.69, 9.17) is 4.74 Å². The summed E-state index contributed by atoms with van der Waals surface area (Å²) >= 11 is 0. The number of aliphatic carboxylic acids is 1. The van der Waals surface area contributed by atoms with E-state index in [2.05, 4.69) is 19.2 Å². The van der Waals surface area contributed by atoms with Crippen molar-refractivity contribution in [1.82, 2.24) is 10.2 Å². The number of likely N-dealkylation sites (tertiary alicyclic amines) is 1. The van der Waals surface area contributed by atoms with Crippen LogP contribution in [-0.4, -0.2) is 53.3 Å². The Morgan fingerprint density at radius 2 is 2.00 bits per heavy atom. The number of hydrogen-bond acceptors (Lipinski definition) is 4. The Morgan fingerprint density at radius 3 is 2.45 bits per heavy atom. The van der Waals surface area contributed by atoms with Gasteiger partial charge in [0.15, 0.2) is 0 Å². The van der Waals surface area contributed by atoms with Crippen molar-refractivity contribution in [1.29, 1.82) is 0 Å². The summed E-state index contributed by atoms with van der Waals surface area (Å²) in [7, 11) is 0. The molecule has 2 unspecified atom stereocenters. The third-order valence-corrected chi connectivity index (χ3v) is 3.66. The van der Waals surface area contributed by atoms with E-state index in [1.165, 1.54) is 4.90 Å². The Bertz CT molecular complexity index is 417. The normalized spacial score (nSPS) is 26.1. The van der Waals surface area contributed by atoms with Crippen LogP contribution in [0, 0.1) is 11.3 Å². The Balaban J connectivity index is 2.83. The number of carboxylic acids is 1. The fourth-order valence-electron chi connectivity index (χ4n) is 2.58. The molecule has 0 aromatic heterocycles. The van der Waals surface area contributed by atoms with Crippen LogP contribution in [0.2, 0.25) is 0 Å². The van der Waals surface area contributed by atoms with E-state index in [0.29, 0.717) is 18.9 Å². The lowest BCUT2D eigenvalue weighted by atomic mass is 9.79. The largest absolute Gasteiger partial charge is 0.481 e. The number of carboxylic acid groups (broad SMARTS) is 1. The van der Waals surface area contributed by atoms with Gasteiger partial charge in [0, 0.05) is 19.1 Å². The number of amides is 1. The fourth-order valence-corrected chi connectivity index (χ4v) is 2.58. The van der Waals surface area contributed by atoms with Gasteiger partial charge in [0.2, 0.25) is 0 Å². The molecule has 6 heteroatoms. The predicted molar refractivity (Wildman–Crippen MR) is 84.8 cm³/mol. The Kier molecular flexibility index (Phi) is 5.84. The van der Waals surface area contributed by atoms with Gasteiger partial charge < -0.3 is 20.1 Å². The van der Waals surface area contributed by atoms with E-state index < -0.39 is 23.1 Å². The van der Waals surface area contributed by atoms with Gasteiger partial charge in [-0.2, -0.15) is 0 Å². The smallest absolute Gasteiger partial charge is 0.410 e. The lowest BCUT2D eigenvalue weighted by Gasteiger charge is -2.42. The predicted octanol–water partition coefficient (Wildman–Crippen LogP) is 2.33. The van der Waals surface area contributed by atoms with Gasteiger partial charge in [-0.05, 0) is 46.6 Å². The molecule has 22 heavy (non-hydrogen) atoms. The van der Waals surface area contributed by atoms with E-state index in [1.807, 2.05) is 0 Å². The van der Waals surface area contributed by atoms with Gasteiger partial charge >= 0.3 is 12.1 Å². The van der Waals surface area contributed by atoms with Crippen LogP contribution in [0.15, 0.2) is 0 Å². The molecule has 128 valence electrons. The molecular weight excluding hydrogens is 284 g/mol. The number of rotatable bonds is 4. The zero-order valence-corrected chi connectivity index (χ0v) is 14.6. The molecule has 1 fully saturated rings. The third-order valence-electron chi connectivity index (χ3n) is 3.66. The maximum absolute atomic E-state index is 12.3. The molecule has 0 radical (unpaired) electrons. The lowest BCUT2D eigenvalue weighted by Crippen LogP contribution is -2.58. The summed E-state index contributed by atoms with van der Waals surface area (Å²) in [5.74, 6) is -0.412.